The van der Waals surface area contributed by atoms with Crippen LogP contribution < -0.4 is 11.5 Å². The van der Waals surface area contributed by atoms with Gasteiger partial charge in [0.25, 0.3) is 5.91 Å². The van der Waals surface area contributed by atoms with Gasteiger partial charge in [-0.25, -0.2) is 0 Å². The molecule has 7 heteroatoms. The minimum Gasteiger partial charge on any atom is -0.366 e. The van der Waals surface area contributed by atoms with Crippen molar-refractivity contribution in [1.82, 2.24) is 0 Å². The topological polar surface area (TPSA) is 86.2 Å². The van der Waals surface area contributed by atoms with Crippen LogP contribution in [0.2, 0.25) is 0 Å². The van der Waals surface area contributed by atoms with Crippen LogP contribution >= 0.6 is 67.8 Å². The third-order valence-electron chi connectivity index (χ3n) is 1.67. The molecular weight excluding hydrogens is 537 g/mol. The lowest BCUT2D eigenvalue weighted by atomic mass is 10.1. The Morgan fingerprint density at radius 1 is 1.00 bits per heavy atom. The summed E-state index contributed by atoms with van der Waals surface area (Å²) in [7, 11) is 0. The Hall–Kier alpha value is 0.350. The summed E-state index contributed by atoms with van der Waals surface area (Å²) in [5.74, 6) is -1.28. The maximum atomic E-state index is 11.2. The summed E-state index contributed by atoms with van der Waals surface area (Å²) in [6.07, 6.45) is 0. The maximum Gasteiger partial charge on any atom is 0.250 e. The first-order chi connectivity index (χ1) is 6.86. The SMILES string of the molecule is NC(=O)c1cc(I)c(I)c(I)c1C(N)=O. The lowest BCUT2D eigenvalue weighted by Gasteiger charge is -2.09. The van der Waals surface area contributed by atoms with Crippen LogP contribution in [0.4, 0.5) is 0 Å². The molecule has 0 aromatic heterocycles. The molecule has 0 unspecified atom stereocenters. The molecule has 0 radical (unpaired) electrons. The van der Waals surface area contributed by atoms with Gasteiger partial charge in [-0.05, 0) is 73.8 Å². The summed E-state index contributed by atoms with van der Waals surface area (Å²) in [5, 5.41) is 0. The summed E-state index contributed by atoms with van der Waals surface area (Å²) in [6, 6.07) is 1.58. The van der Waals surface area contributed by atoms with Gasteiger partial charge in [-0.3, -0.25) is 9.59 Å². The van der Waals surface area contributed by atoms with Crippen LogP contribution in [0.1, 0.15) is 20.7 Å². The Labute approximate surface area is 127 Å². The van der Waals surface area contributed by atoms with Crippen molar-refractivity contribution in [1.29, 1.82) is 0 Å². The number of primary amides is 2. The summed E-state index contributed by atoms with van der Waals surface area (Å²) in [4.78, 5) is 22.4. The van der Waals surface area contributed by atoms with Gasteiger partial charge < -0.3 is 11.5 Å². The highest BCUT2D eigenvalue weighted by molar-refractivity contribution is 14.1. The number of halogens is 3. The number of benzene rings is 1. The second-order valence-electron chi connectivity index (χ2n) is 2.64. The number of amides is 2. The molecule has 0 aliphatic rings. The molecule has 0 aliphatic carbocycles. The minimum absolute atomic E-state index is 0.178. The van der Waals surface area contributed by atoms with Crippen LogP contribution in [0, 0.1) is 10.7 Å². The Bertz CT molecular complexity index is 460. The zero-order chi connectivity index (χ0) is 11.7. The van der Waals surface area contributed by atoms with Gasteiger partial charge in [0, 0.05) is 10.7 Å². The fraction of sp³-hybridized carbons (Fsp3) is 0. The first-order valence-corrected chi connectivity index (χ1v) is 6.87. The average molecular weight is 542 g/mol. The van der Waals surface area contributed by atoms with Crippen molar-refractivity contribution in [2.45, 2.75) is 0 Å². The highest BCUT2D eigenvalue weighted by atomic mass is 127. The zero-order valence-electron chi connectivity index (χ0n) is 7.18. The van der Waals surface area contributed by atoms with Gasteiger partial charge >= 0.3 is 0 Å². The van der Waals surface area contributed by atoms with E-state index in [1.807, 2.05) is 22.6 Å². The molecule has 0 atom stereocenters. The van der Waals surface area contributed by atoms with Gasteiger partial charge in [-0.15, -0.1) is 0 Å². The predicted molar refractivity (Wildman–Crippen MR) is 81.6 cm³/mol. The van der Waals surface area contributed by atoms with Crippen LogP contribution in [0.25, 0.3) is 0 Å². The monoisotopic (exact) mass is 542 g/mol. The summed E-state index contributed by atoms with van der Waals surface area (Å²) in [6.45, 7) is 0. The third kappa shape index (κ3) is 2.72. The quantitative estimate of drug-likeness (QED) is 0.441. The first kappa shape index (κ1) is 13.4. The van der Waals surface area contributed by atoms with Crippen LogP contribution in [0.3, 0.4) is 0 Å². The second-order valence-corrected chi connectivity index (χ2v) is 5.96. The first-order valence-electron chi connectivity index (χ1n) is 3.63. The van der Waals surface area contributed by atoms with Gasteiger partial charge in [0.1, 0.15) is 0 Å². The minimum atomic E-state index is -0.643. The van der Waals surface area contributed by atoms with E-state index in [1.165, 1.54) is 0 Å². The molecule has 0 saturated carbocycles. The maximum absolute atomic E-state index is 11.2. The molecule has 0 fully saturated rings. The second kappa shape index (κ2) is 5.12. The van der Waals surface area contributed by atoms with Crippen LogP contribution in [0.15, 0.2) is 6.07 Å². The van der Waals surface area contributed by atoms with Crippen molar-refractivity contribution in [2.75, 3.05) is 0 Å². The van der Waals surface area contributed by atoms with E-state index >= 15 is 0 Å². The van der Waals surface area contributed by atoms with Gasteiger partial charge in [0.15, 0.2) is 0 Å². The lowest BCUT2D eigenvalue weighted by molar-refractivity contribution is 0.0966. The van der Waals surface area contributed by atoms with E-state index in [0.717, 1.165) is 7.14 Å². The Balaban J connectivity index is 3.65. The number of carbonyl (C=O) groups excluding carboxylic acids is 2. The molecule has 15 heavy (non-hydrogen) atoms. The normalized spacial score (nSPS) is 10.1. The molecule has 4 nitrogen and oxygen atoms in total. The highest BCUT2D eigenvalue weighted by Crippen LogP contribution is 2.27. The molecule has 0 spiro atoms. The Morgan fingerprint density at radius 3 is 1.93 bits per heavy atom. The molecule has 0 heterocycles. The summed E-state index contributed by atoms with van der Waals surface area (Å²) >= 11 is 6.15. The van der Waals surface area contributed by atoms with Crippen LogP contribution in [-0.2, 0) is 0 Å². The molecule has 0 bridgehead atoms. The smallest absolute Gasteiger partial charge is 0.250 e. The van der Waals surface area contributed by atoms with E-state index in [0.29, 0.717) is 3.57 Å². The molecule has 80 valence electrons. The van der Waals surface area contributed by atoms with Crippen LogP contribution in [0.5, 0.6) is 0 Å². The predicted octanol–water partition coefficient (Wildman–Crippen LogP) is 1.70. The van der Waals surface area contributed by atoms with Crippen molar-refractivity contribution in [3.8, 4) is 0 Å². The molecule has 0 saturated heterocycles. The number of hydrogen-bond acceptors (Lipinski definition) is 2. The van der Waals surface area contributed by atoms with E-state index in [9.17, 15) is 9.59 Å². The van der Waals surface area contributed by atoms with Crippen molar-refractivity contribution in [2.24, 2.45) is 11.5 Å². The van der Waals surface area contributed by atoms with E-state index in [1.54, 1.807) is 6.07 Å². The molecule has 0 aliphatic heterocycles. The van der Waals surface area contributed by atoms with E-state index < -0.39 is 11.8 Å². The Kier molecular flexibility index (Phi) is 4.58. The number of carbonyl (C=O) groups is 2. The standard InChI is InChI=1S/C8H5I3N2O2/c9-3-1-2(7(12)14)4(8(13)15)6(11)5(3)10/h1H,(H2,12,14)(H2,13,15). The number of rotatable bonds is 2. The van der Waals surface area contributed by atoms with Crippen LogP contribution in [-0.4, -0.2) is 11.8 Å². The third-order valence-corrected chi connectivity index (χ3v) is 6.79. The van der Waals surface area contributed by atoms with Crippen molar-refractivity contribution < 1.29 is 9.59 Å². The molecule has 4 N–H and O–H groups in total. The van der Waals surface area contributed by atoms with Crippen molar-refractivity contribution in [3.05, 3.63) is 27.9 Å². The summed E-state index contributed by atoms with van der Waals surface area (Å²) < 4.78 is 2.44. The van der Waals surface area contributed by atoms with E-state index in [2.05, 4.69) is 45.2 Å². The lowest BCUT2D eigenvalue weighted by Crippen LogP contribution is -2.23. The molecule has 2 amide bonds. The molecular formula is C8H5I3N2O2. The molecule has 1 rings (SSSR count). The average Bonchev–Trinajstić information content (AvgIpc) is 2.12. The van der Waals surface area contributed by atoms with Gasteiger partial charge in [0.2, 0.25) is 5.91 Å². The fourth-order valence-electron chi connectivity index (χ4n) is 1.03. The summed E-state index contributed by atoms with van der Waals surface area (Å²) in [5.41, 5.74) is 10.8. The number of hydrogen-bond donors (Lipinski definition) is 2. The van der Waals surface area contributed by atoms with Gasteiger partial charge in [0.05, 0.1) is 11.1 Å². The largest absolute Gasteiger partial charge is 0.366 e. The van der Waals surface area contributed by atoms with E-state index in [-0.39, 0.29) is 11.1 Å². The molecule has 1 aromatic rings. The van der Waals surface area contributed by atoms with Gasteiger partial charge in [-0.2, -0.15) is 0 Å². The van der Waals surface area contributed by atoms with Crippen molar-refractivity contribution in [3.63, 3.8) is 0 Å². The Morgan fingerprint density at radius 2 is 1.53 bits per heavy atom. The van der Waals surface area contributed by atoms with Gasteiger partial charge in [-0.1, -0.05) is 0 Å². The fourth-order valence-corrected chi connectivity index (χ4v) is 3.40. The molecule has 1 aromatic carbocycles. The highest BCUT2D eigenvalue weighted by Gasteiger charge is 2.20. The number of nitrogens with two attached hydrogens (primary N) is 2. The van der Waals surface area contributed by atoms with E-state index in [4.69, 9.17) is 11.5 Å². The zero-order valence-corrected chi connectivity index (χ0v) is 13.7. The van der Waals surface area contributed by atoms with Crippen molar-refractivity contribution >= 4 is 79.6 Å².